The number of fused-ring (bicyclic) bond motifs is 7. The van der Waals surface area contributed by atoms with E-state index in [1.54, 1.807) is 0 Å². The highest BCUT2D eigenvalue weighted by Gasteiger charge is 2.35. The first-order chi connectivity index (χ1) is 15.8. The van der Waals surface area contributed by atoms with Gasteiger partial charge in [-0.05, 0) is 32.7 Å². The highest BCUT2D eigenvalue weighted by molar-refractivity contribution is 6.28. The second kappa shape index (κ2) is 6.38. The molecule has 0 aromatic heterocycles. The molecule has 0 N–H and O–H groups in total. The molecule has 1 heteroatoms. The van der Waals surface area contributed by atoms with Gasteiger partial charge in [0.25, 0.3) is 0 Å². The lowest BCUT2D eigenvalue weighted by atomic mass is 9.99. The minimum absolute atomic E-state index is 0.139. The van der Waals surface area contributed by atoms with Gasteiger partial charge in [-0.25, -0.2) is 0 Å². The highest BCUT2D eigenvalue weighted by atomic mass is 16.1. The standard InChI is InChI=1S/C31H18O/c32-31-29-25(19-11-3-1-4-12-19)21-15-7-9-17-23(21)27(29)28-24-18-10-8-16-22(24)26(30(28)31)20-13-5-2-6-14-20/h1-18H. The Balaban J connectivity index is 1.75. The van der Waals surface area contributed by atoms with Crippen LogP contribution in [-0.4, -0.2) is 0 Å². The normalized spacial score (nSPS) is 11.9. The van der Waals surface area contributed by atoms with Gasteiger partial charge >= 0.3 is 0 Å². The zero-order valence-corrected chi connectivity index (χ0v) is 17.3. The van der Waals surface area contributed by atoms with Crippen molar-refractivity contribution < 1.29 is 0 Å². The van der Waals surface area contributed by atoms with E-state index in [1.165, 1.54) is 0 Å². The summed E-state index contributed by atoms with van der Waals surface area (Å²) in [5, 5.41) is 4.61. The van der Waals surface area contributed by atoms with Gasteiger partial charge in [0.2, 0.25) is 0 Å². The maximum absolute atomic E-state index is 14.2. The summed E-state index contributed by atoms with van der Waals surface area (Å²) in [7, 11) is 0. The molecule has 4 aromatic rings. The van der Waals surface area contributed by atoms with Gasteiger partial charge in [0.1, 0.15) is 0 Å². The molecule has 4 aromatic carbocycles. The minimum atomic E-state index is 0.139. The molecule has 3 aliphatic rings. The van der Waals surface area contributed by atoms with Crippen molar-refractivity contribution in [1.29, 1.82) is 0 Å². The first-order valence-electron chi connectivity index (χ1n) is 10.9. The van der Waals surface area contributed by atoms with Crippen LogP contribution in [0, 0.1) is 0 Å². The van der Waals surface area contributed by atoms with Gasteiger partial charge in [-0.1, -0.05) is 109 Å². The lowest BCUT2D eigenvalue weighted by Gasteiger charge is -2.03. The zero-order valence-electron chi connectivity index (χ0n) is 17.3. The summed E-state index contributed by atoms with van der Waals surface area (Å²) in [4.78, 5) is 14.2. The molecule has 0 bridgehead atoms. The van der Waals surface area contributed by atoms with E-state index in [0.29, 0.717) is 0 Å². The molecule has 32 heavy (non-hydrogen) atoms. The van der Waals surface area contributed by atoms with Gasteiger partial charge in [-0.2, -0.15) is 0 Å². The van der Waals surface area contributed by atoms with Crippen LogP contribution in [0.15, 0.2) is 114 Å². The molecule has 0 heterocycles. The van der Waals surface area contributed by atoms with Crippen molar-refractivity contribution in [3.63, 3.8) is 0 Å². The van der Waals surface area contributed by atoms with Crippen LogP contribution in [-0.2, 0) is 0 Å². The Morgan fingerprint density at radius 1 is 0.312 bits per heavy atom. The van der Waals surface area contributed by atoms with E-state index in [-0.39, 0.29) is 5.43 Å². The second-order valence-corrected chi connectivity index (χ2v) is 8.40. The summed E-state index contributed by atoms with van der Waals surface area (Å²) >= 11 is 0. The average Bonchev–Trinajstić information content (AvgIpc) is 3.46. The summed E-state index contributed by atoms with van der Waals surface area (Å²) in [5.41, 5.74) is 8.33. The van der Waals surface area contributed by atoms with E-state index in [9.17, 15) is 4.79 Å². The fourth-order valence-corrected chi connectivity index (χ4v) is 5.53. The minimum Gasteiger partial charge on any atom is -0.289 e. The van der Waals surface area contributed by atoms with E-state index in [2.05, 4.69) is 72.8 Å². The molecule has 0 saturated heterocycles. The van der Waals surface area contributed by atoms with E-state index in [0.717, 1.165) is 66.1 Å². The second-order valence-electron chi connectivity index (χ2n) is 8.40. The SMILES string of the molecule is O=c1c2c(-c3ccccc3)c3ccccc3c-2c2c3ccccc3c(-c3ccccc3)c1-2. The maximum atomic E-state index is 14.2. The van der Waals surface area contributed by atoms with Crippen molar-refractivity contribution in [3.05, 3.63) is 119 Å². The molecule has 0 fully saturated rings. The number of rotatable bonds is 2. The van der Waals surface area contributed by atoms with Crippen LogP contribution in [0.25, 0.3) is 66.1 Å². The first-order valence-corrected chi connectivity index (χ1v) is 10.9. The number of hydrogen-bond acceptors (Lipinski definition) is 1. The van der Waals surface area contributed by atoms with Gasteiger partial charge in [0.05, 0.1) is 0 Å². The van der Waals surface area contributed by atoms with Crippen molar-refractivity contribution in [2.45, 2.75) is 0 Å². The molecule has 0 atom stereocenters. The predicted molar refractivity (Wildman–Crippen MR) is 134 cm³/mol. The van der Waals surface area contributed by atoms with E-state index in [4.69, 9.17) is 0 Å². The van der Waals surface area contributed by atoms with E-state index >= 15 is 0 Å². The largest absolute Gasteiger partial charge is 0.289 e. The average molecular weight is 406 g/mol. The van der Waals surface area contributed by atoms with Crippen LogP contribution >= 0.6 is 0 Å². The summed E-state index contributed by atoms with van der Waals surface area (Å²) in [6.07, 6.45) is 0. The predicted octanol–water partition coefficient (Wildman–Crippen LogP) is 7.77. The van der Waals surface area contributed by atoms with Crippen LogP contribution in [0.3, 0.4) is 0 Å². The number of benzene rings is 4. The smallest absolute Gasteiger partial charge is 0.195 e. The Morgan fingerprint density at radius 3 is 1.00 bits per heavy atom. The summed E-state index contributed by atoms with van der Waals surface area (Å²) in [6.45, 7) is 0. The van der Waals surface area contributed by atoms with Crippen LogP contribution in [0.5, 0.6) is 0 Å². The lowest BCUT2D eigenvalue weighted by Crippen LogP contribution is -1.99. The third-order valence-electron chi connectivity index (χ3n) is 6.76. The van der Waals surface area contributed by atoms with E-state index in [1.807, 2.05) is 36.4 Å². The fourth-order valence-electron chi connectivity index (χ4n) is 5.53. The molecule has 7 rings (SSSR count). The summed E-state index contributed by atoms with van der Waals surface area (Å²) < 4.78 is 0. The van der Waals surface area contributed by atoms with Crippen molar-refractivity contribution in [3.8, 4) is 44.5 Å². The Morgan fingerprint density at radius 2 is 0.625 bits per heavy atom. The Labute approximate surface area is 185 Å². The van der Waals surface area contributed by atoms with Gasteiger partial charge in [0, 0.05) is 33.4 Å². The van der Waals surface area contributed by atoms with Crippen LogP contribution in [0.1, 0.15) is 0 Å². The fraction of sp³-hybridized carbons (Fsp3) is 0. The molecule has 0 saturated carbocycles. The molecule has 148 valence electrons. The quantitative estimate of drug-likeness (QED) is 0.287. The Hall–Kier alpha value is -4.23. The maximum Gasteiger partial charge on any atom is 0.195 e. The van der Waals surface area contributed by atoms with Gasteiger partial charge in [0.15, 0.2) is 5.43 Å². The summed E-state index contributed by atoms with van der Waals surface area (Å²) in [5.74, 6) is 0. The topological polar surface area (TPSA) is 17.1 Å². The lowest BCUT2D eigenvalue weighted by molar-refractivity contribution is 1.64. The number of hydrogen-bond donors (Lipinski definition) is 0. The molecular weight excluding hydrogens is 388 g/mol. The molecule has 0 amide bonds. The van der Waals surface area contributed by atoms with Gasteiger partial charge in [-0.15, -0.1) is 0 Å². The highest BCUT2D eigenvalue weighted by Crippen LogP contribution is 2.55. The van der Waals surface area contributed by atoms with E-state index < -0.39 is 0 Å². The molecule has 0 aliphatic heterocycles. The molecule has 0 spiro atoms. The molecular formula is C31H18O. The summed E-state index contributed by atoms with van der Waals surface area (Å²) in [6, 6.07) is 37.5. The van der Waals surface area contributed by atoms with Crippen LogP contribution in [0.2, 0.25) is 0 Å². The van der Waals surface area contributed by atoms with Crippen LogP contribution in [0.4, 0.5) is 0 Å². The van der Waals surface area contributed by atoms with Crippen LogP contribution < -0.4 is 5.43 Å². The first kappa shape index (κ1) is 17.5. The molecule has 0 unspecified atom stereocenters. The Kier molecular flexibility index (Phi) is 3.48. The zero-order chi connectivity index (χ0) is 21.2. The van der Waals surface area contributed by atoms with Crippen molar-refractivity contribution in [2.24, 2.45) is 0 Å². The van der Waals surface area contributed by atoms with Crippen molar-refractivity contribution >= 4 is 21.5 Å². The van der Waals surface area contributed by atoms with Crippen molar-refractivity contribution in [2.75, 3.05) is 0 Å². The third-order valence-corrected chi connectivity index (χ3v) is 6.76. The Bertz CT molecular complexity index is 1590. The van der Waals surface area contributed by atoms with Gasteiger partial charge in [-0.3, -0.25) is 4.79 Å². The molecule has 1 nitrogen and oxygen atoms in total. The molecule has 3 aliphatic carbocycles. The third kappa shape index (κ3) is 2.15. The van der Waals surface area contributed by atoms with Gasteiger partial charge < -0.3 is 0 Å². The monoisotopic (exact) mass is 406 g/mol. The molecule has 0 radical (unpaired) electrons. The van der Waals surface area contributed by atoms with Crippen molar-refractivity contribution in [1.82, 2.24) is 0 Å².